The molecule has 4 rings (SSSR count). The van der Waals surface area contributed by atoms with Crippen LogP contribution in [0.2, 0.25) is 10.0 Å². The van der Waals surface area contributed by atoms with E-state index in [2.05, 4.69) is 10.3 Å². The number of anilines is 1. The number of imidazole rings is 1. The zero-order chi connectivity index (χ0) is 23.2. The van der Waals surface area contributed by atoms with Gasteiger partial charge >= 0.3 is 11.7 Å². The van der Waals surface area contributed by atoms with Crippen LogP contribution >= 0.6 is 23.2 Å². The topological polar surface area (TPSA) is 111 Å². The minimum atomic E-state index is -0.797. The van der Waals surface area contributed by atoms with Crippen molar-refractivity contribution in [2.45, 2.75) is 38.3 Å². The molecule has 9 nitrogen and oxygen atoms in total. The summed E-state index contributed by atoms with van der Waals surface area (Å²) >= 11 is 12.0. The fourth-order valence-electron chi connectivity index (χ4n) is 4.26. The van der Waals surface area contributed by atoms with E-state index in [1.807, 2.05) is 0 Å². The third-order valence-corrected chi connectivity index (χ3v) is 6.78. The van der Waals surface area contributed by atoms with E-state index in [1.54, 1.807) is 36.9 Å². The first-order valence-corrected chi connectivity index (χ1v) is 11.0. The summed E-state index contributed by atoms with van der Waals surface area (Å²) in [6, 6.07) is 4.88. The third kappa shape index (κ3) is 4.02. The van der Waals surface area contributed by atoms with Crippen molar-refractivity contribution in [3.05, 3.63) is 54.6 Å². The molecule has 11 heteroatoms. The number of aromatic nitrogens is 4. The first-order valence-electron chi connectivity index (χ1n) is 10.3. The average Bonchev–Trinajstić information content (AvgIpc) is 3.08. The molecule has 2 atom stereocenters. The smallest absolute Gasteiger partial charge is 0.332 e. The summed E-state index contributed by atoms with van der Waals surface area (Å²) in [5.41, 5.74) is 0.243. The molecule has 2 aromatic heterocycles. The monoisotopic (exact) mass is 479 g/mol. The van der Waals surface area contributed by atoms with Gasteiger partial charge < -0.3 is 15.0 Å². The first kappa shape index (κ1) is 22.4. The van der Waals surface area contributed by atoms with Crippen LogP contribution in [0, 0.1) is 5.92 Å². The van der Waals surface area contributed by atoms with Gasteiger partial charge in [0.05, 0.1) is 22.5 Å². The summed E-state index contributed by atoms with van der Waals surface area (Å²) in [6.45, 7) is 0.0369. The van der Waals surface area contributed by atoms with E-state index >= 15 is 0 Å². The van der Waals surface area contributed by atoms with Gasteiger partial charge in [0.1, 0.15) is 0 Å². The summed E-state index contributed by atoms with van der Waals surface area (Å²) in [6.07, 6.45) is 2.75. The number of benzene rings is 1. The second-order valence-electron chi connectivity index (χ2n) is 8.19. The molecule has 0 amide bonds. The summed E-state index contributed by atoms with van der Waals surface area (Å²) in [7, 11) is 3.26. The lowest BCUT2D eigenvalue weighted by Gasteiger charge is -2.27. The minimum absolute atomic E-state index is 0.0369. The summed E-state index contributed by atoms with van der Waals surface area (Å²) in [5.74, 6) is -0.770. The lowest BCUT2D eigenvalue weighted by molar-refractivity contribution is -0.142. The lowest BCUT2D eigenvalue weighted by Crippen LogP contribution is -2.39. The van der Waals surface area contributed by atoms with E-state index in [0.717, 1.165) is 17.4 Å². The molecular formula is C21H23Cl2N5O4. The molecule has 0 saturated heterocycles. The molecule has 1 aromatic carbocycles. The molecular weight excluding hydrogens is 457 g/mol. The number of nitrogens with zero attached hydrogens (tertiary/aromatic N) is 4. The zero-order valence-corrected chi connectivity index (χ0v) is 19.2. The van der Waals surface area contributed by atoms with Crippen LogP contribution < -0.4 is 16.6 Å². The molecule has 1 aliphatic rings. The number of carboxylic acids is 1. The van der Waals surface area contributed by atoms with Gasteiger partial charge in [-0.2, -0.15) is 4.98 Å². The molecule has 32 heavy (non-hydrogen) atoms. The van der Waals surface area contributed by atoms with E-state index in [-0.39, 0.29) is 23.8 Å². The van der Waals surface area contributed by atoms with Gasteiger partial charge in [0.2, 0.25) is 5.95 Å². The maximum atomic E-state index is 13.2. The Kier molecular flexibility index (Phi) is 6.05. The van der Waals surface area contributed by atoms with Gasteiger partial charge in [-0.05, 0) is 37.0 Å². The molecule has 0 unspecified atom stereocenters. The van der Waals surface area contributed by atoms with Crippen molar-refractivity contribution in [1.82, 2.24) is 18.7 Å². The highest BCUT2D eigenvalue weighted by molar-refractivity contribution is 6.42. The Balaban J connectivity index is 1.72. The van der Waals surface area contributed by atoms with Crippen molar-refractivity contribution in [3.63, 3.8) is 0 Å². The average molecular weight is 480 g/mol. The van der Waals surface area contributed by atoms with Crippen LogP contribution in [0.5, 0.6) is 0 Å². The van der Waals surface area contributed by atoms with Crippen molar-refractivity contribution < 1.29 is 9.90 Å². The maximum absolute atomic E-state index is 13.2. The number of rotatable bonds is 5. The molecule has 170 valence electrons. The summed E-state index contributed by atoms with van der Waals surface area (Å²) in [4.78, 5) is 42.0. The van der Waals surface area contributed by atoms with Gasteiger partial charge in [-0.1, -0.05) is 35.7 Å². The van der Waals surface area contributed by atoms with Gasteiger partial charge in [-0.25, -0.2) is 4.79 Å². The van der Waals surface area contributed by atoms with Crippen molar-refractivity contribution >= 4 is 46.3 Å². The fourth-order valence-corrected chi connectivity index (χ4v) is 4.58. The standard InChI is InChI=1S/C21H23Cl2N5O4/c1-26-16-17(25-20(26)24-13-5-3-4-12(9-13)19(30)31)27(2)21(32)28(18(16)29)10-11-6-7-14(22)15(23)8-11/h6-8,12-13H,3-5,9-10H2,1-2H3,(H,24,25)(H,30,31)/t12-,13+/m0/s1. The Morgan fingerprint density at radius 1 is 1.19 bits per heavy atom. The number of aliphatic carboxylic acids is 1. The molecule has 1 saturated carbocycles. The van der Waals surface area contributed by atoms with Crippen LogP contribution in [0.15, 0.2) is 27.8 Å². The first-order chi connectivity index (χ1) is 15.2. The van der Waals surface area contributed by atoms with Gasteiger partial charge in [0.25, 0.3) is 5.56 Å². The Bertz CT molecular complexity index is 1330. The molecule has 1 aliphatic carbocycles. The minimum Gasteiger partial charge on any atom is -0.481 e. The Hall–Kier alpha value is -2.78. The summed E-state index contributed by atoms with van der Waals surface area (Å²) < 4.78 is 4.08. The second-order valence-corrected chi connectivity index (χ2v) is 9.01. The molecule has 3 aromatic rings. The molecule has 0 bridgehead atoms. The molecule has 1 fully saturated rings. The number of carboxylic acid groups (broad SMARTS) is 1. The number of halogens is 2. The van der Waals surface area contributed by atoms with Gasteiger partial charge in [0, 0.05) is 20.1 Å². The van der Waals surface area contributed by atoms with Crippen LogP contribution in [-0.4, -0.2) is 35.8 Å². The van der Waals surface area contributed by atoms with Crippen molar-refractivity contribution in [3.8, 4) is 0 Å². The van der Waals surface area contributed by atoms with Crippen LogP contribution in [0.1, 0.15) is 31.2 Å². The van der Waals surface area contributed by atoms with Crippen molar-refractivity contribution in [2.75, 3.05) is 5.32 Å². The molecule has 2 N–H and O–H groups in total. The van der Waals surface area contributed by atoms with Gasteiger partial charge in [-0.15, -0.1) is 0 Å². The van der Waals surface area contributed by atoms with E-state index < -0.39 is 23.1 Å². The second kappa shape index (κ2) is 8.63. The van der Waals surface area contributed by atoms with Crippen LogP contribution in [0.3, 0.4) is 0 Å². The normalized spacial score (nSPS) is 18.8. The highest BCUT2D eigenvalue weighted by Gasteiger charge is 2.28. The van der Waals surface area contributed by atoms with E-state index in [4.69, 9.17) is 23.2 Å². The van der Waals surface area contributed by atoms with E-state index in [9.17, 15) is 19.5 Å². The van der Waals surface area contributed by atoms with Crippen LogP contribution in [0.4, 0.5) is 5.95 Å². The number of nitrogens with one attached hydrogen (secondary N) is 1. The van der Waals surface area contributed by atoms with Gasteiger partial charge in [0.15, 0.2) is 11.2 Å². The Labute approximate surface area is 193 Å². The van der Waals surface area contributed by atoms with Crippen LogP contribution in [0.25, 0.3) is 11.2 Å². The maximum Gasteiger partial charge on any atom is 0.332 e. The SMILES string of the molecule is Cn1c(N[C@@H]2CCC[C@H](C(=O)O)C2)nc2c1c(=O)n(Cc1ccc(Cl)c(Cl)c1)c(=O)n2C. The van der Waals surface area contributed by atoms with Gasteiger partial charge in [-0.3, -0.25) is 18.7 Å². The number of carbonyl (C=O) groups is 1. The molecule has 0 radical (unpaired) electrons. The Morgan fingerprint density at radius 3 is 2.62 bits per heavy atom. The molecule has 0 aliphatic heterocycles. The largest absolute Gasteiger partial charge is 0.481 e. The molecule has 0 spiro atoms. The number of fused-ring (bicyclic) bond motifs is 1. The van der Waals surface area contributed by atoms with E-state index in [0.29, 0.717) is 34.4 Å². The molecule has 2 heterocycles. The highest BCUT2D eigenvalue weighted by Crippen LogP contribution is 2.27. The zero-order valence-electron chi connectivity index (χ0n) is 17.6. The summed E-state index contributed by atoms with van der Waals surface area (Å²) in [5, 5.41) is 13.3. The highest BCUT2D eigenvalue weighted by atomic mass is 35.5. The third-order valence-electron chi connectivity index (χ3n) is 6.04. The lowest BCUT2D eigenvalue weighted by atomic mass is 9.86. The fraction of sp³-hybridized carbons (Fsp3) is 0.429. The van der Waals surface area contributed by atoms with Crippen molar-refractivity contribution in [1.29, 1.82) is 0 Å². The number of hydrogen-bond acceptors (Lipinski definition) is 5. The number of aryl methyl sites for hydroxylation is 2. The number of hydrogen-bond donors (Lipinski definition) is 2. The van der Waals surface area contributed by atoms with E-state index in [1.165, 1.54) is 4.57 Å². The predicted molar refractivity (Wildman–Crippen MR) is 123 cm³/mol. The predicted octanol–water partition coefficient (Wildman–Crippen LogP) is 2.84. The van der Waals surface area contributed by atoms with Crippen LogP contribution in [-0.2, 0) is 25.4 Å². The van der Waals surface area contributed by atoms with Crippen molar-refractivity contribution in [2.24, 2.45) is 20.0 Å². The Morgan fingerprint density at radius 2 is 1.94 bits per heavy atom. The quantitative estimate of drug-likeness (QED) is 0.581.